The summed E-state index contributed by atoms with van der Waals surface area (Å²) in [5.41, 5.74) is 0. The van der Waals surface area contributed by atoms with Crippen LogP contribution in [-0.2, 0) is 0 Å². The first-order chi connectivity index (χ1) is 6.13. The van der Waals surface area contributed by atoms with Gasteiger partial charge in [-0.1, -0.05) is 6.08 Å². The fourth-order valence-electron chi connectivity index (χ4n) is 1.11. The fourth-order valence-corrected chi connectivity index (χ4v) is 2.54. The Kier molecular flexibility index (Phi) is 4.16. The molecule has 1 N–H and O–H groups in total. The average molecular weight is 260 g/mol. The average Bonchev–Trinajstić information content (AvgIpc) is 2.51. The van der Waals surface area contributed by atoms with Crippen molar-refractivity contribution in [1.82, 2.24) is 5.32 Å². The quantitative estimate of drug-likeness (QED) is 0.813. The van der Waals surface area contributed by atoms with Gasteiger partial charge in [-0.25, -0.2) is 0 Å². The molecular weight excluding hydrogens is 246 g/mol. The molecule has 0 aliphatic heterocycles. The van der Waals surface area contributed by atoms with Gasteiger partial charge < -0.3 is 5.32 Å². The van der Waals surface area contributed by atoms with Crippen molar-refractivity contribution in [2.24, 2.45) is 0 Å². The minimum absolute atomic E-state index is 0.357. The minimum atomic E-state index is 0.357. The lowest BCUT2D eigenvalue weighted by Gasteiger charge is -2.15. The van der Waals surface area contributed by atoms with Gasteiger partial charge in [-0.2, -0.15) is 0 Å². The van der Waals surface area contributed by atoms with E-state index in [9.17, 15) is 0 Å². The molecule has 0 spiro atoms. The van der Waals surface area contributed by atoms with E-state index in [0.717, 1.165) is 0 Å². The number of hydrogen-bond acceptors (Lipinski definition) is 2. The molecule has 1 aromatic heterocycles. The minimum Gasteiger partial charge on any atom is -0.303 e. The van der Waals surface area contributed by atoms with Gasteiger partial charge in [0.05, 0.1) is 3.79 Å². The van der Waals surface area contributed by atoms with Crippen LogP contribution in [0.5, 0.6) is 0 Å². The van der Waals surface area contributed by atoms with Gasteiger partial charge in [-0.15, -0.1) is 17.9 Å². The van der Waals surface area contributed by atoms with Crippen LogP contribution in [0.3, 0.4) is 0 Å². The normalized spacial score (nSPS) is 15.3. The standard InChI is InChI=1S/C10H14BrNS/c1-4-7(2)12-8(3)9-5-6-10(11)13-9/h4-8,12H,1H2,2-3H3. The zero-order valence-electron chi connectivity index (χ0n) is 7.88. The van der Waals surface area contributed by atoms with Crippen molar-refractivity contribution < 1.29 is 0 Å². The molecule has 0 aromatic carbocycles. The predicted molar refractivity (Wildman–Crippen MR) is 63.2 cm³/mol. The third-order valence-corrected chi connectivity index (χ3v) is 3.69. The number of halogens is 1. The van der Waals surface area contributed by atoms with E-state index >= 15 is 0 Å². The largest absolute Gasteiger partial charge is 0.303 e. The number of nitrogens with one attached hydrogen (secondary N) is 1. The first-order valence-electron chi connectivity index (χ1n) is 4.27. The van der Waals surface area contributed by atoms with E-state index in [2.05, 4.69) is 53.8 Å². The Morgan fingerprint density at radius 1 is 1.54 bits per heavy atom. The van der Waals surface area contributed by atoms with Crippen LogP contribution in [0.25, 0.3) is 0 Å². The van der Waals surface area contributed by atoms with Crippen LogP contribution in [0.4, 0.5) is 0 Å². The molecule has 1 heterocycles. The van der Waals surface area contributed by atoms with Crippen molar-refractivity contribution in [3.8, 4) is 0 Å². The van der Waals surface area contributed by atoms with Gasteiger partial charge in [-0.05, 0) is 41.9 Å². The lowest BCUT2D eigenvalue weighted by atomic mass is 10.2. The molecular formula is C10H14BrNS. The smallest absolute Gasteiger partial charge is 0.0701 e. The Bertz CT molecular complexity index is 282. The molecule has 0 saturated carbocycles. The van der Waals surface area contributed by atoms with Crippen molar-refractivity contribution in [2.45, 2.75) is 25.9 Å². The summed E-state index contributed by atoms with van der Waals surface area (Å²) >= 11 is 5.22. The molecule has 0 radical (unpaired) electrons. The first kappa shape index (κ1) is 11.0. The lowest BCUT2D eigenvalue weighted by Crippen LogP contribution is -2.26. The van der Waals surface area contributed by atoms with Gasteiger partial charge in [0.25, 0.3) is 0 Å². The second-order valence-electron chi connectivity index (χ2n) is 3.05. The number of thiophene rings is 1. The molecule has 1 aromatic rings. The molecule has 2 atom stereocenters. The molecule has 0 aliphatic carbocycles. The molecule has 72 valence electrons. The monoisotopic (exact) mass is 259 g/mol. The Balaban J connectivity index is 2.57. The van der Waals surface area contributed by atoms with Gasteiger partial charge in [0.1, 0.15) is 0 Å². The second kappa shape index (κ2) is 4.94. The highest BCUT2D eigenvalue weighted by atomic mass is 79.9. The van der Waals surface area contributed by atoms with Crippen LogP contribution < -0.4 is 5.32 Å². The van der Waals surface area contributed by atoms with Crippen LogP contribution in [0, 0.1) is 0 Å². The van der Waals surface area contributed by atoms with Crippen LogP contribution in [-0.4, -0.2) is 6.04 Å². The maximum atomic E-state index is 3.74. The van der Waals surface area contributed by atoms with Crippen molar-refractivity contribution in [1.29, 1.82) is 0 Å². The SMILES string of the molecule is C=CC(C)NC(C)c1ccc(Br)s1. The van der Waals surface area contributed by atoms with Crippen LogP contribution >= 0.6 is 27.3 Å². The van der Waals surface area contributed by atoms with Crippen LogP contribution in [0.15, 0.2) is 28.6 Å². The predicted octanol–water partition coefficient (Wildman–Crippen LogP) is 3.74. The van der Waals surface area contributed by atoms with E-state index < -0.39 is 0 Å². The van der Waals surface area contributed by atoms with E-state index in [4.69, 9.17) is 0 Å². The van der Waals surface area contributed by atoms with E-state index in [1.807, 2.05) is 6.08 Å². The van der Waals surface area contributed by atoms with Crippen molar-refractivity contribution in [2.75, 3.05) is 0 Å². The summed E-state index contributed by atoms with van der Waals surface area (Å²) in [6.45, 7) is 8.01. The van der Waals surface area contributed by atoms with E-state index in [-0.39, 0.29) is 0 Å². The Labute approximate surface area is 92.0 Å². The molecule has 0 saturated heterocycles. The van der Waals surface area contributed by atoms with Crippen LogP contribution in [0.2, 0.25) is 0 Å². The van der Waals surface area contributed by atoms with E-state index in [1.165, 1.54) is 8.66 Å². The summed E-state index contributed by atoms with van der Waals surface area (Å²) in [5.74, 6) is 0. The highest BCUT2D eigenvalue weighted by Crippen LogP contribution is 2.27. The van der Waals surface area contributed by atoms with Crippen molar-refractivity contribution in [3.63, 3.8) is 0 Å². The molecule has 3 heteroatoms. The number of rotatable bonds is 4. The van der Waals surface area contributed by atoms with Crippen LogP contribution in [0.1, 0.15) is 24.8 Å². The molecule has 1 rings (SSSR count). The van der Waals surface area contributed by atoms with Gasteiger partial charge in [0, 0.05) is 17.0 Å². The molecule has 0 bridgehead atoms. The zero-order valence-corrected chi connectivity index (χ0v) is 10.3. The highest BCUT2D eigenvalue weighted by Gasteiger charge is 2.08. The molecule has 0 fully saturated rings. The molecule has 0 amide bonds. The van der Waals surface area contributed by atoms with Gasteiger partial charge in [0.15, 0.2) is 0 Å². The molecule has 13 heavy (non-hydrogen) atoms. The Hall–Kier alpha value is -0.120. The molecule has 2 unspecified atom stereocenters. The summed E-state index contributed by atoms with van der Waals surface area (Å²) in [6, 6.07) is 4.97. The highest BCUT2D eigenvalue weighted by molar-refractivity contribution is 9.11. The third-order valence-electron chi connectivity index (χ3n) is 1.89. The molecule has 0 aliphatic rings. The van der Waals surface area contributed by atoms with E-state index in [0.29, 0.717) is 12.1 Å². The summed E-state index contributed by atoms with van der Waals surface area (Å²) in [7, 11) is 0. The maximum Gasteiger partial charge on any atom is 0.0701 e. The first-order valence-corrected chi connectivity index (χ1v) is 5.88. The third kappa shape index (κ3) is 3.25. The summed E-state index contributed by atoms with van der Waals surface area (Å²) in [4.78, 5) is 1.35. The fraction of sp³-hybridized carbons (Fsp3) is 0.400. The lowest BCUT2D eigenvalue weighted by molar-refractivity contribution is 0.544. The van der Waals surface area contributed by atoms with Crippen molar-refractivity contribution >= 4 is 27.3 Å². The van der Waals surface area contributed by atoms with Gasteiger partial charge in [0.2, 0.25) is 0 Å². The summed E-state index contributed by atoms with van der Waals surface area (Å²) < 4.78 is 1.18. The van der Waals surface area contributed by atoms with E-state index in [1.54, 1.807) is 11.3 Å². The molecule has 1 nitrogen and oxygen atoms in total. The van der Waals surface area contributed by atoms with Crippen molar-refractivity contribution in [3.05, 3.63) is 33.5 Å². The summed E-state index contributed by atoms with van der Waals surface area (Å²) in [6.07, 6.45) is 1.92. The Morgan fingerprint density at radius 3 is 2.69 bits per heavy atom. The van der Waals surface area contributed by atoms with Gasteiger partial charge in [-0.3, -0.25) is 0 Å². The topological polar surface area (TPSA) is 12.0 Å². The zero-order chi connectivity index (χ0) is 9.84. The number of hydrogen-bond donors (Lipinski definition) is 1. The van der Waals surface area contributed by atoms with Gasteiger partial charge >= 0.3 is 0 Å². The maximum absolute atomic E-state index is 3.74. The summed E-state index contributed by atoms with van der Waals surface area (Å²) in [5, 5.41) is 3.43. The second-order valence-corrected chi connectivity index (χ2v) is 5.55. The Morgan fingerprint density at radius 2 is 2.23 bits per heavy atom.